The molecule has 0 amide bonds. The largest absolute Gasteiger partial charge is 0.508 e. The van der Waals surface area contributed by atoms with Crippen LogP contribution in [0, 0.1) is 0 Å². The van der Waals surface area contributed by atoms with E-state index in [1.54, 1.807) is 19.2 Å². The molecular formula is C22H27NO4. The lowest BCUT2D eigenvalue weighted by Crippen LogP contribution is -2.42. The number of ketones is 1. The number of carbonyl (C=O) groups excluding carboxylic acids is 1. The molecule has 27 heavy (non-hydrogen) atoms. The molecule has 0 atom stereocenters. The zero-order chi connectivity index (χ0) is 19.3. The van der Waals surface area contributed by atoms with Crippen molar-refractivity contribution in [2.75, 3.05) is 26.7 Å². The number of piperidine rings is 1. The van der Waals surface area contributed by atoms with Crippen LogP contribution in [0.3, 0.4) is 0 Å². The molecule has 1 saturated heterocycles. The van der Waals surface area contributed by atoms with Gasteiger partial charge in [-0.25, -0.2) is 0 Å². The van der Waals surface area contributed by atoms with E-state index < -0.39 is 5.60 Å². The van der Waals surface area contributed by atoms with Crippen LogP contribution in [0.15, 0.2) is 48.5 Å². The van der Waals surface area contributed by atoms with Gasteiger partial charge in [0.25, 0.3) is 0 Å². The van der Waals surface area contributed by atoms with Crippen molar-refractivity contribution in [1.82, 2.24) is 4.90 Å². The number of ether oxygens (including phenoxy) is 1. The minimum Gasteiger partial charge on any atom is -0.508 e. The van der Waals surface area contributed by atoms with Gasteiger partial charge in [-0.05, 0) is 67.8 Å². The first-order chi connectivity index (χ1) is 13.0. The van der Waals surface area contributed by atoms with Crippen molar-refractivity contribution >= 4 is 5.78 Å². The van der Waals surface area contributed by atoms with E-state index >= 15 is 0 Å². The molecule has 5 heteroatoms. The maximum Gasteiger partial charge on any atom is 0.162 e. The Kier molecular flexibility index (Phi) is 6.14. The van der Waals surface area contributed by atoms with E-state index in [1.165, 1.54) is 12.1 Å². The molecule has 2 aromatic rings. The van der Waals surface area contributed by atoms with E-state index in [-0.39, 0.29) is 11.5 Å². The normalized spacial score (nSPS) is 16.8. The minimum absolute atomic E-state index is 0.0988. The van der Waals surface area contributed by atoms with Crippen molar-refractivity contribution in [2.45, 2.75) is 31.3 Å². The van der Waals surface area contributed by atoms with Gasteiger partial charge in [-0.15, -0.1) is 0 Å². The van der Waals surface area contributed by atoms with E-state index in [9.17, 15) is 15.0 Å². The van der Waals surface area contributed by atoms with Crippen molar-refractivity contribution in [1.29, 1.82) is 0 Å². The lowest BCUT2D eigenvalue weighted by molar-refractivity contribution is -0.0260. The number of hydrogen-bond donors (Lipinski definition) is 2. The van der Waals surface area contributed by atoms with E-state index in [4.69, 9.17) is 4.74 Å². The van der Waals surface area contributed by atoms with E-state index in [1.807, 2.05) is 24.3 Å². The second-order valence-corrected chi connectivity index (χ2v) is 7.18. The van der Waals surface area contributed by atoms with Crippen molar-refractivity contribution in [2.24, 2.45) is 0 Å². The van der Waals surface area contributed by atoms with Crippen molar-refractivity contribution in [3.63, 3.8) is 0 Å². The van der Waals surface area contributed by atoms with Crippen molar-refractivity contribution in [3.8, 4) is 11.5 Å². The minimum atomic E-state index is -0.787. The molecule has 5 nitrogen and oxygen atoms in total. The first-order valence-corrected chi connectivity index (χ1v) is 9.42. The molecule has 0 radical (unpaired) electrons. The van der Waals surface area contributed by atoms with Crippen LogP contribution in [-0.4, -0.2) is 47.6 Å². The molecule has 0 aliphatic carbocycles. The number of benzene rings is 2. The van der Waals surface area contributed by atoms with E-state index in [0.29, 0.717) is 24.8 Å². The summed E-state index contributed by atoms with van der Waals surface area (Å²) in [5.41, 5.74) is 0.788. The second kappa shape index (κ2) is 8.55. The summed E-state index contributed by atoms with van der Waals surface area (Å²) in [5.74, 6) is 1.06. The van der Waals surface area contributed by atoms with Gasteiger partial charge in [0.1, 0.15) is 11.5 Å². The second-order valence-electron chi connectivity index (χ2n) is 7.18. The SMILES string of the molecule is COc1ccc(C2(O)CCN(CCCC(=O)c3ccc(O)cc3)CC2)cc1. The highest BCUT2D eigenvalue weighted by Gasteiger charge is 2.33. The van der Waals surface area contributed by atoms with Gasteiger partial charge in [0.15, 0.2) is 5.78 Å². The van der Waals surface area contributed by atoms with Gasteiger partial charge in [-0.3, -0.25) is 4.79 Å². The maximum atomic E-state index is 12.2. The fraction of sp³-hybridized carbons (Fsp3) is 0.409. The molecule has 0 bridgehead atoms. The van der Waals surface area contributed by atoms with Crippen LogP contribution in [0.1, 0.15) is 41.6 Å². The predicted molar refractivity (Wildman–Crippen MR) is 104 cm³/mol. The van der Waals surface area contributed by atoms with Crippen LogP contribution < -0.4 is 4.74 Å². The molecule has 3 rings (SSSR count). The Bertz CT molecular complexity index is 747. The number of phenolic OH excluding ortho intramolecular Hbond substituents is 1. The van der Waals surface area contributed by atoms with E-state index in [2.05, 4.69) is 4.90 Å². The Morgan fingerprint density at radius 3 is 2.30 bits per heavy atom. The number of rotatable bonds is 7. The van der Waals surface area contributed by atoms with Crippen LogP contribution in [0.5, 0.6) is 11.5 Å². The Balaban J connectivity index is 1.45. The smallest absolute Gasteiger partial charge is 0.162 e. The van der Waals surface area contributed by atoms with Crippen LogP contribution in [-0.2, 0) is 5.60 Å². The number of methoxy groups -OCH3 is 1. The highest BCUT2D eigenvalue weighted by Crippen LogP contribution is 2.33. The van der Waals surface area contributed by atoms with Crippen LogP contribution in [0.25, 0.3) is 0 Å². The number of hydrogen-bond acceptors (Lipinski definition) is 5. The highest BCUT2D eigenvalue weighted by molar-refractivity contribution is 5.96. The lowest BCUT2D eigenvalue weighted by atomic mass is 9.84. The number of likely N-dealkylation sites (tertiary alicyclic amines) is 1. The van der Waals surface area contributed by atoms with Crippen LogP contribution in [0.2, 0.25) is 0 Å². The predicted octanol–water partition coefficient (Wildman–Crippen LogP) is 3.35. The molecule has 2 N–H and O–H groups in total. The van der Waals surface area contributed by atoms with Crippen LogP contribution >= 0.6 is 0 Å². The molecule has 144 valence electrons. The third kappa shape index (κ3) is 4.87. The standard InChI is InChI=1S/C22H27NO4/c1-27-20-10-6-18(7-11-20)22(26)12-15-23(16-13-22)14-2-3-21(25)17-4-8-19(24)9-5-17/h4-11,24,26H,2-3,12-16H2,1H3. The third-order valence-corrected chi connectivity index (χ3v) is 5.38. The summed E-state index contributed by atoms with van der Waals surface area (Å²) in [7, 11) is 1.63. The number of nitrogens with zero attached hydrogens (tertiary/aromatic N) is 1. The molecule has 1 aliphatic rings. The summed E-state index contributed by atoms with van der Waals surface area (Å²) in [5, 5.41) is 20.3. The molecule has 0 unspecified atom stereocenters. The molecule has 0 spiro atoms. The van der Waals surface area contributed by atoms with Gasteiger partial charge >= 0.3 is 0 Å². The summed E-state index contributed by atoms with van der Waals surface area (Å²) >= 11 is 0. The first-order valence-electron chi connectivity index (χ1n) is 9.42. The fourth-order valence-electron chi connectivity index (χ4n) is 3.59. The maximum absolute atomic E-state index is 12.2. The summed E-state index contributed by atoms with van der Waals surface area (Å²) in [6, 6.07) is 14.0. The highest BCUT2D eigenvalue weighted by atomic mass is 16.5. The Hall–Kier alpha value is -2.37. The molecule has 1 fully saturated rings. The number of Topliss-reactive ketones (excluding diaryl/α,β-unsaturated/α-hetero) is 1. The summed E-state index contributed by atoms with van der Waals surface area (Å²) in [6.07, 6.45) is 2.65. The molecular weight excluding hydrogens is 342 g/mol. The summed E-state index contributed by atoms with van der Waals surface area (Å²) < 4.78 is 5.18. The van der Waals surface area contributed by atoms with Crippen LogP contribution in [0.4, 0.5) is 0 Å². The quantitative estimate of drug-likeness (QED) is 0.733. The van der Waals surface area contributed by atoms with Crippen molar-refractivity contribution < 1.29 is 19.7 Å². The number of aliphatic hydroxyl groups is 1. The van der Waals surface area contributed by atoms with Gasteiger partial charge < -0.3 is 19.8 Å². The zero-order valence-electron chi connectivity index (χ0n) is 15.7. The van der Waals surface area contributed by atoms with Gasteiger partial charge in [-0.2, -0.15) is 0 Å². The Morgan fingerprint density at radius 1 is 1.07 bits per heavy atom. The number of phenols is 1. The van der Waals surface area contributed by atoms with Gasteiger partial charge in [0.05, 0.1) is 12.7 Å². The molecule has 2 aromatic carbocycles. The van der Waals surface area contributed by atoms with Gasteiger partial charge in [-0.1, -0.05) is 12.1 Å². The third-order valence-electron chi connectivity index (χ3n) is 5.38. The van der Waals surface area contributed by atoms with Gasteiger partial charge in [0, 0.05) is 25.1 Å². The average molecular weight is 369 g/mol. The monoisotopic (exact) mass is 369 g/mol. The number of aromatic hydroxyl groups is 1. The zero-order valence-corrected chi connectivity index (χ0v) is 15.7. The summed E-state index contributed by atoms with van der Waals surface area (Å²) in [6.45, 7) is 2.48. The molecule has 0 aromatic heterocycles. The Morgan fingerprint density at radius 2 is 1.70 bits per heavy atom. The Labute approximate surface area is 160 Å². The molecule has 0 saturated carbocycles. The first kappa shape index (κ1) is 19.4. The van der Waals surface area contributed by atoms with Crippen molar-refractivity contribution in [3.05, 3.63) is 59.7 Å². The fourth-order valence-corrected chi connectivity index (χ4v) is 3.59. The molecule has 1 heterocycles. The summed E-state index contributed by atoms with van der Waals surface area (Å²) in [4.78, 5) is 14.5. The topological polar surface area (TPSA) is 70.0 Å². The lowest BCUT2D eigenvalue weighted by Gasteiger charge is -2.38. The molecule has 1 aliphatic heterocycles. The number of carbonyl (C=O) groups is 1. The average Bonchev–Trinajstić information content (AvgIpc) is 2.70. The van der Waals surface area contributed by atoms with E-state index in [0.717, 1.165) is 37.4 Å². The van der Waals surface area contributed by atoms with Gasteiger partial charge in [0.2, 0.25) is 0 Å².